The number of carbonyl (C=O) groups is 2. The molecule has 1 aliphatic rings. The van der Waals surface area contributed by atoms with Crippen molar-refractivity contribution in [2.75, 3.05) is 13.7 Å². The summed E-state index contributed by atoms with van der Waals surface area (Å²) in [5, 5.41) is 9.89. The van der Waals surface area contributed by atoms with Gasteiger partial charge in [-0.05, 0) is 49.6 Å². The lowest BCUT2D eigenvalue weighted by Crippen LogP contribution is -2.33. The molecule has 1 saturated carbocycles. The summed E-state index contributed by atoms with van der Waals surface area (Å²) in [4.78, 5) is 25.1. The van der Waals surface area contributed by atoms with Crippen LogP contribution in [0.2, 0.25) is 0 Å². The van der Waals surface area contributed by atoms with Gasteiger partial charge in [0.15, 0.2) is 17.3 Å². The molecule has 1 aliphatic carbocycles. The van der Waals surface area contributed by atoms with E-state index in [0.29, 0.717) is 41.9 Å². The molecule has 6 heteroatoms. The third-order valence-corrected chi connectivity index (χ3v) is 6.33. The summed E-state index contributed by atoms with van der Waals surface area (Å²) >= 11 is 0. The van der Waals surface area contributed by atoms with E-state index in [1.54, 1.807) is 30.3 Å². The van der Waals surface area contributed by atoms with Gasteiger partial charge in [-0.2, -0.15) is 0 Å². The number of Topliss-reactive ketones (excluding diaryl/α,β-unsaturated/α-hetero) is 1. The molecule has 0 aliphatic heterocycles. The number of carboxylic acid groups (broad SMARTS) is 1. The number of hydrogen-bond acceptors (Lipinski definition) is 4. The molecule has 0 spiro atoms. The summed E-state index contributed by atoms with van der Waals surface area (Å²) in [6.45, 7) is 2.12. The topological polar surface area (TPSA) is 72.8 Å². The van der Waals surface area contributed by atoms with Gasteiger partial charge in [0.1, 0.15) is 5.82 Å². The Morgan fingerprint density at radius 3 is 2.41 bits per heavy atom. The summed E-state index contributed by atoms with van der Waals surface area (Å²) in [7, 11) is 1.51. The van der Waals surface area contributed by atoms with Crippen LogP contribution >= 0.6 is 0 Å². The van der Waals surface area contributed by atoms with E-state index in [1.807, 2.05) is 6.92 Å². The summed E-state index contributed by atoms with van der Waals surface area (Å²) in [5.41, 5.74) is 0.926. The second-order valence-electron chi connectivity index (χ2n) is 8.66. The third kappa shape index (κ3) is 5.67. The first-order valence-electron chi connectivity index (χ1n) is 11.2. The molecule has 2 aromatic rings. The number of carbonyl (C=O) groups excluding carboxylic acids is 1. The van der Waals surface area contributed by atoms with Crippen molar-refractivity contribution in [3.8, 4) is 11.5 Å². The van der Waals surface area contributed by atoms with E-state index in [4.69, 9.17) is 9.47 Å². The maximum atomic E-state index is 14.0. The van der Waals surface area contributed by atoms with Crippen molar-refractivity contribution in [3.63, 3.8) is 0 Å². The number of methoxy groups -OCH3 is 1. The first kappa shape index (κ1) is 23.8. The predicted octanol–water partition coefficient (Wildman–Crippen LogP) is 5.76. The van der Waals surface area contributed by atoms with Crippen LogP contribution in [0.5, 0.6) is 11.5 Å². The summed E-state index contributed by atoms with van der Waals surface area (Å²) in [6.07, 6.45) is 5.06. The molecule has 5 nitrogen and oxygen atoms in total. The fourth-order valence-electron chi connectivity index (χ4n) is 4.41. The smallest absolute Gasteiger partial charge is 0.310 e. The second kappa shape index (κ2) is 10.6. The van der Waals surface area contributed by atoms with Crippen LogP contribution in [0, 0.1) is 18.2 Å². The Labute approximate surface area is 188 Å². The molecular weight excluding hydrogens is 411 g/mol. The van der Waals surface area contributed by atoms with Crippen molar-refractivity contribution in [1.29, 1.82) is 0 Å². The number of benzene rings is 2. The summed E-state index contributed by atoms with van der Waals surface area (Å²) < 4.78 is 25.2. The molecule has 32 heavy (non-hydrogen) atoms. The Kier molecular flexibility index (Phi) is 7.89. The van der Waals surface area contributed by atoms with Crippen molar-refractivity contribution in [3.05, 3.63) is 58.9 Å². The van der Waals surface area contributed by atoms with Crippen molar-refractivity contribution in [1.82, 2.24) is 0 Å². The van der Waals surface area contributed by atoms with Crippen LogP contribution in [0.4, 0.5) is 4.39 Å². The molecule has 0 amide bonds. The van der Waals surface area contributed by atoms with E-state index in [1.165, 1.54) is 13.2 Å². The maximum absolute atomic E-state index is 14.0. The highest BCUT2D eigenvalue weighted by Crippen LogP contribution is 2.40. The van der Waals surface area contributed by atoms with Gasteiger partial charge in [0, 0.05) is 18.4 Å². The number of ether oxygens (including phenoxy) is 2. The van der Waals surface area contributed by atoms with E-state index in [0.717, 1.165) is 31.2 Å². The standard InChI is InChI=1S/C26H31FO5/c1-18-7-9-21(27)19(15-18)11-14-32-24-16-20(8-10-23(24)31-2)22(28)17-26(25(29)30)12-5-3-4-6-13-26/h7-10,15-16H,3-6,11-14,17H2,1-2H3,(H,29,30). The minimum Gasteiger partial charge on any atom is -0.493 e. The molecule has 1 N–H and O–H groups in total. The van der Waals surface area contributed by atoms with E-state index in [-0.39, 0.29) is 24.6 Å². The molecule has 0 saturated heterocycles. The Balaban J connectivity index is 1.73. The lowest BCUT2D eigenvalue weighted by molar-refractivity contribution is -0.149. The molecule has 172 valence electrons. The Bertz CT molecular complexity index is 961. The number of hydrogen-bond donors (Lipinski definition) is 1. The van der Waals surface area contributed by atoms with Crippen LogP contribution in [-0.4, -0.2) is 30.6 Å². The Morgan fingerprint density at radius 2 is 1.75 bits per heavy atom. The average Bonchev–Trinajstić information content (AvgIpc) is 3.02. The zero-order valence-electron chi connectivity index (χ0n) is 18.8. The fourth-order valence-corrected chi connectivity index (χ4v) is 4.41. The quantitative estimate of drug-likeness (QED) is 0.395. The van der Waals surface area contributed by atoms with Gasteiger partial charge in [-0.25, -0.2) is 4.39 Å². The van der Waals surface area contributed by atoms with Gasteiger partial charge in [-0.15, -0.1) is 0 Å². The molecule has 0 unspecified atom stereocenters. The van der Waals surface area contributed by atoms with Gasteiger partial charge >= 0.3 is 5.97 Å². The summed E-state index contributed by atoms with van der Waals surface area (Å²) in [5.74, 6) is -0.535. The first-order valence-corrected chi connectivity index (χ1v) is 11.2. The lowest BCUT2D eigenvalue weighted by atomic mass is 9.75. The summed E-state index contributed by atoms with van der Waals surface area (Å²) in [6, 6.07) is 9.83. The van der Waals surface area contributed by atoms with Crippen LogP contribution in [0.25, 0.3) is 0 Å². The third-order valence-electron chi connectivity index (χ3n) is 6.33. The molecule has 3 rings (SSSR count). The van der Waals surface area contributed by atoms with Crippen molar-refractivity contribution in [2.24, 2.45) is 5.41 Å². The number of aliphatic carboxylic acids is 1. The van der Waals surface area contributed by atoms with Gasteiger partial charge in [-0.1, -0.05) is 43.4 Å². The maximum Gasteiger partial charge on any atom is 0.310 e. The van der Waals surface area contributed by atoms with Crippen LogP contribution in [0.1, 0.15) is 66.4 Å². The van der Waals surface area contributed by atoms with E-state index >= 15 is 0 Å². The van der Waals surface area contributed by atoms with E-state index in [2.05, 4.69) is 0 Å². The Hall–Kier alpha value is -2.89. The number of halogens is 1. The highest BCUT2D eigenvalue weighted by Gasteiger charge is 2.40. The highest BCUT2D eigenvalue weighted by atomic mass is 19.1. The van der Waals surface area contributed by atoms with Gasteiger partial charge < -0.3 is 14.6 Å². The normalized spacial score (nSPS) is 15.6. The number of rotatable bonds is 9. The van der Waals surface area contributed by atoms with Crippen LogP contribution < -0.4 is 9.47 Å². The van der Waals surface area contributed by atoms with E-state index in [9.17, 15) is 19.1 Å². The van der Waals surface area contributed by atoms with Crippen LogP contribution in [0.3, 0.4) is 0 Å². The largest absolute Gasteiger partial charge is 0.493 e. The predicted molar refractivity (Wildman–Crippen MR) is 120 cm³/mol. The van der Waals surface area contributed by atoms with Gasteiger partial charge in [0.25, 0.3) is 0 Å². The van der Waals surface area contributed by atoms with Crippen molar-refractivity contribution < 1.29 is 28.6 Å². The van der Waals surface area contributed by atoms with Gasteiger partial charge in [0.05, 0.1) is 19.1 Å². The molecule has 1 fully saturated rings. The molecular formula is C26H31FO5. The lowest BCUT2D eigenvalue weighted by Gasteiger charge is -2.27. The zero-order valence-corrected chi connectivity index (χ0v) is 18.8. The SMILES string of the molecule is COc1ccc(C(=O)CC2(C(=O)O)CCCCCC2)cc1OCCc1cc(C)ccc1F. The molecule has 0 aromatic heterocycles. The van der Waals surface area contributed by atoms with Crippen molar-refractivity contribution >= 4 is 11.8 Å². The monoisotopic (exact) mass is 442 g/mol. The second-order valence-corrected chi connectivity index (χ2v) is 8.66. The van der Waals surface area contributed by atoms with Crippen LogP contribution in [0.15, 0.2) is 36.4 Å². The number of aryl methyl sites for hydroxylation is 1. The van der Waals surface area contributed by atoms with Crippen molar-refractivity contribution in [2.45, 2.75) is 58.3 Å². The highest BCUT2D eigenvalue weighted by molar-refractivity contribution is 5.99. The number of ketones is 1. The van der Waals surface area contributed by atoms with E-state index < -0.39 is 11.4 Å². The van der Waals surface area contributed by atoms with Gasteiger partial charge in [-0.3, -0.25) is 9.59 Å². The minimum absolute atomic E-state index is 0.0252. The average molecular weight is 443 g/mol. The molecule has 0 radical (unpaired) electrons. The molecule has 0 atom stereocenters. The van der Waals surface area contributed by atoms with Gasteiger partial charge in [0.2, 0.25) is 0 Å². The molecule has 0 bridgehead atoms. The van der Waals surface area contributed by atoms with Crippen LogP contribution in [-0.2, 0) is 11.2 Å². The molecule has 2 aromatic carbocycles. The number of carboxylic acids is 1. The molecule has 0 heterocycles. The first-order chi connectivity index (χ1) is 15.3. The Morgan fingerprint density at radius 1 is 1.03 bits per heavy atom. The zero-order chi connectivity index (χ0) is 23.1. The fraction of sp³-hybridized carbons (Fsp3) is 0.462. The minimum atomic E-state index is -1.00.